The fourth-order valence-corrected chi connectivity index (χ4v) is 3.22. The summed E-state index contributed by atoms with van der Waals surface area (Å²) in [5.74, 6) is 0.806. The Kier molecular flexibility index (Phi) is 11.2. The third-order valence-corrected chi connectivity index (χ3v) is 4.79. The molecule has 0 fully saturated rings. The van der Waals surface area contributed by atoms with Gasteiger partial charge in [0, 0.05) is 25.5 Å². The van der Waals surface area contributed by atoms with Gasteiger partial charge < -0.3 is 15.4 Å². The smallest absolute Gasteiger partial charge is 0.191 e. The first-order valence-electron chi connectivity index (χ1n) is 10.9. The minimum absolute atomic E-state index is 0. The Labute approximate surface area is 208 Å². The molecule has 1 heterocycles. The summed E-state index contributed by atoms with van der Waals surface area (Å²) in [7, 11) is 0. The van der Waals surface area contributed by atoms with Gasteiger partial charge in [-0.3, -0.25) is 4.68 Å². The van der Waals surface area contributed by atoms with Gasteiger partial charge in [-0.15, -0.1) is 24.0 Å². The first-order chi connectivity index (χ1) is 15.1. The number of aromatic nitrogens is 2. The number of nitrogens with one attached hydrogen (secondary N) is 2. The Hall–Kier alpha value is -2.39. The zero-order chi connectivity index (χ0) is 21.9. The first-order valence-corrected chi connectivity index (χ1v) is 10.9. The van der Waals surface area contributed by atoms with Crippen LogP contribution in [0, 0.1) is 0 Å². The Morgan fingerprint density at radius 2 is 1.81 bits per heavy atom. The Balaban J connectivity index is 0.00000363. The normalized spacial score (nSPS) is 11.3. The zero-order valence-corrected chi connectivity index (χ0v) is 21.5. The number of benzene rings is 2. The Morgan fingerprint density at radius 3 is 2.53 bits per heavy atom. The van der Waals surface area contributed by atoms with Gasteiger partial charge in [0.05, 0.1) is 25.8 Å². The van der Waals surface area contributed by atoms with E-state index in [1.807, 2.05) is 16.9 Å². The topological polar surface area (TPSA) is 63.5 Å². The Bertz CT molecular complexity index is 956. The van der Waals surface area contributed by atoms with E-state index in [-0.39, 0.29) is 30.1 Å². The molecular formula is C25H34IN5O. The molecule has 0 spiro atoms. The summed E-state index contributed by atoms with van der Waals surface area (Å²) in [4.78, 5) is 4.78. The van der Waals surface area contributed by atoms with Gasteiger partial charge in [-0.25, -0.2) is 4.99 Å². The third kappa shape index (κ3) is 8.63. The Morgan fingerprint density at radius 1 is 1.03 bits per heavy atom. The average molecular weight is 547 g/mol. The van der Waals surface area contributed by atoms with E-state index in [0.717, 1.165) is 19.0 Å². The van der Waals surface area contributed by atoms with Crippen LogP contribution < -0.4 is 10.6 Å². The molecule has 0 aliphatic heterocycles. The van der Waals surface area contributed by atoms with E-state index < -0.39 is 0 Å². The van der Waals surface area contributed by atoms with Gasteiger partial charge in [-0.1, -0.05) is 48.5 Å². The summed E-state index contributed by atoms with van der Waals surface area (Å²) in [6.45, 7) is 9.68. The highest BCUT2D eigenvalue weighted by Crippen LogP contribution is 2.11. The van der Waals surface area contributed by atoms with Crippen molar-refractivity contribution in [1.29, 1.82) is 0 Å². The van der Waals surface area contributed by atoms with E-state index in [2.05, 4.69) is 85.0 Å². The molecular weight excluding hydrogens is 513 g/mol. The van der Waals surface area contributed by atoms with E-state index in [1.54, 1.807) is 6.20 Å². The SMILES string of the molecule is CCNC(=NCc1cccc(COC(C)C)c1)NCc1ccccc1Cn1cccn1.I. The fourth-order valence-electron chi connectivity index (χ4n) is 3.22. The lowest BCUT2D eigenvalue weighted by Crippen LogP contribution is -2.37. The summed E-state index contributed by atoms with van der Waals surface area (Å²) in [5, 5.41) is 11.1. The van der Waals surface area contributed by atoms with Crippen LogP contribution in [0.25, 0.3) is 0 Å². The molecule has 0 unspecified atom stereocenters. The largest absolute Gasteiger partial charge is 0.374 e. The number of ether oxygens (including phenoxy) is 1. The van der Waals surface area contributed by atoms with Crippen LogP contribution in [-0.4, -0.2) is 28.4 Å². The zero-order valence-electron chi connectivity index (χ0n) is 19.1. The van der Waals surface area contributed by atoms with Crippen LogP contribution in [0.2, 0.25) is 0 Å². The molecule has 3 aromatic rings. The number of guanidine groups is 1. The van der Waals surface area contributed by atoms with Crippen molar-refractivity contribution in [2.75, 3.05) is 6.54 Å². The number of hydrogen-bond donors (Lipinski definition) is 2. The van der Waals surface area contributed by atoms with Crippen molar-refractivity contribution in [2.45, 2.75) is 53.1 Å². The quantitative estimate of drug-likeness (QED) is 0.219. The van der Waals surface area contributed by atoms with E-state index in [0.29, 0.717) is 19.7 Å². The van der Waals surface area contributed by atoms with Gasteiger partial charge in [0.1, 0.15) is 0 Å². The molecule has 0 saturated heterocycles. The molecule has 7 heteroatoms. The maximum Gasteiger partial charge on any atom is 0.191 e. The summed E-state index contributed by atoms with van der Waals surface area (Å²) < 4.78 is 7.66. The predicted octanol–water partition coefficient (Wildman–Crippen LogP) is 4.73. The third-order valence-electron chi connectivity index (χ3n) is 4.79. The average Bonchev–Trinajstić information content (AvgIpc) is 3.28. The van der Waals surface area contributed by atoms with Crippen molar-refractivity contribution in [1.82, 2.24) is 20.4 Å². The van der Waals surface area contributed by atoms with Crippen LogP contribution in [0.5, 0.6) is 0 Å². The monoisotopic (exact) mass is 547 g/mol. The minimum Gasteiger partial charge on any atom is -0.374 e. The van der Waals surface area contributed by atoms with Gasteiger partial charge in [0.25, 0.3) is 0 Å². The molecule has 2 aromatic carbocycles. The molecule has 0 radical (unpaired) electrons. The molecule has 32 heavy (non-hydrogen) atoms. The molecule has 172 valence electrons. The number of halogens is 1. The molecule has 0 atom stereocenters. The van der Waals surface area contributed by atoms with Gasteiger partial charge >= 0.3 is 0 Å². The maximum atomic E-state index is 5.72. The number of rotatable bonds is 10. The molecule has 0 bridgehead atoms. The van der Waals surface area contributed by atoms with Gasteiger partial charge in [0.15, 0.2) is 5.96 Å². The fraction of sp³-hybridized carbons (Fsp3) is 0.360. The van der Waals surface area contributed by atoms with Crippen molar-refractivity contribution < 1.29 is 4.74 Å². The lowest BCUT2D eigenvalue weighted by atomic mass is 10.1. The lowest BCUT2D eigenvalue weighted by molar-refractivity contribution is 0.0657. The van der Waals surface area contributed by atoms with Crippen LogP contribution in [-0.2, 0) is 31.0 Å². The van der Waals surface area contributed by atoms with Crippen molar-refractivity contribution in [3.63, 3.8) is 0 Å². The van der Waals surface area contributed by atoms with Crippen LogP contribution in [0.1, 0.15) is 43.0 Å². The van der Waals surface area contributed by atoms with Crippen molar-refractivity contribution in [3.8, 4) is 0 Å². The van der Waals surface area contributed by atoms with Gasteiger partial charge in [0.2, 0.25) is 0 Å². The predicted molar refractivity (Wildman–Crippen MR) is 141 cm³/mol. The minimum atomic E-state index is 0. The maximum absolute atomic E-state index is 5.72. The standard InChI is InChI=1S/C25H33N5O.HI/c1-4-26-25(27-16-21-9-7-10-22(15-21)19-31-20(2)3)28-17-23-11-5-6-12-24(23)18-30-14-8-13-29-30;/h5-15,20H,4,16-19H2,1-3H3,(H2,26,27,28);1H. The van der Waals surface area contributed by atoms with Crippen LogP contribution in [0.3, 0.4) is 0 Å². The molecule has 0 amide bonds. The highest BCUT2D eigenvalue weighted by molar-refractivity contribution is 14.0. The second-order valence-electron chi connectivity index (χ2n) is 7.70. The van der Waals surface area contributed by atoms with Crippen molar-refractivity contribution >= 4 is 29.9 Å². The molecule has 6 nitrogen and oxygen atoms in total. The summed E-state index contributed by atoms with van der Waals surface area (Å²) in [6, 6.07) is 18.8. The molecule has 1 aromatic heterocycles. The molecule has 0 aliphatic rings. The second kappa shape index (κ2) is 13.9. The van der Waals surface area contributed by atoms with Crippen LogP contribution >= 0.6 is 24.0 Å². The van der Waals surface area contributed by atoms with E-state index in [4.69, 9.17) is 9.73 Å². The number of hydrogen-bond acceptors (Lipinski definition) is 3. The van der Waals surface area contributed by atoms with Gasteiger partial charge in [-0.2, -0.15) is 5.10 Å². The highest BCUT2D eigenvalue weighted by Gasteiger charge is 2.05. The highest BCUT2D eigenvalue weighted by atomic mass is 127. The number of nitrogens with zero attached hydrogens (tertiary/aromatic N) is 3. The molecule has 2 N–H and O–H groups in total. The number of aliphatic imine (C=N–C) groups is 1. The molecule has 0 saturated carbocycles. The van der Waals surface area contributed by atoms with Gasteiger partial charge in [-0.05, 0) is 49.1 Å². The summed E-state index contributed by atoms with van der Waals surface area (Å²) >= 11 is 0. The van der Waals surface area contributed by atoms with E-state index in [9.17, 15) is 0 Å². The van der Waals surface area contributed by atoms with E-state index in [1.165, 1.54) is 22.3 Å². The van der Waals surface area contributed by atoms with Crippen LogP contribution in [0.15, 0.2) is 72.0 Å². The van der Waals surface area contributed by atoms with Crippen molar-refractivity contribution in [3.05, 3.63) is 89.2 Å². The van der Waals surface area contributed by atoms with Crippen molar-refractivity contribution in [2.24, 2.45) is 4.99 Å². The summed E-state index contributed by atoms with van der Waals surface area (Å²) in [6.07, 6.45) is 4.01. The molecule has 0 aliphatic carbocycles. The first kappa shape index (κ1) is 25.9. The lowest BCUT2D eigenvalue weighted by Gasteiger charge is -2.14. The summed E-state index contributed by atoms with van der Waals surface area (Å²) in [5.41, 5.74) is 4.82. The molecule has 3 rings (SSSR count). The van der Waals surface area contributed by atoms with Crippen LogP contribution in [0.4, 0.5) is 0 Å². The van der Waals surface area contributed by atoms with E-state index >= 15 is 0 Å². The second-order valence-corrected chi connectivity index (χ2v) is 7.70.